The zero-order valence-corrected chi connectivity index (χ0v) is 12.4. The largest absolute Gasteiger partial charge is 0.324 e. The Balaban J connectivity index is 1.89. The molecule has 21 heavy (non-hydrogen) atoms. The molecule has 3 rings (SSSR count). The smallest absolute Gasteiger partial charge is 0.244 e. The highest BCUT2D eigenvalue weighted by atomic mass is 16.2. The lowest BCUT2D eigenvalue weighted by atomic mass is 9.90. The molecule has 1 aliphatic rings. The molecule has 1 unspecified atom stereocenters. The molecular formula is C17H21N3O. The molecule has 1 saturated heterocycles. The summed E-state index contributed by atoms with van der Waals surface area (Å²) < 4.78 is 0. The number of carbonyl (C=O) groups is 1. The van der Waals surface area contributed by atoms with Gasteiger partial charge >= 0.3 is 0 Å². The van der Waals surface area contributed by atoms with Crippen LogP contribution in [0.5, 0.6) is 0 Å². The van der Waals surface area contributed by atoms with Crippen LogP contribution in [0.2, 0.25) is 0 Å². The molecule has 0 spiro atoms. The minimum Gasteiger partial charge on any atom is -0.324 e. The van der Waals surface area contributed by atoms with Crippen molar-refractivity contribution in [2.75, 3.05) is 11.9 Å². The summed E-state index contributed by atoms with van der Waals surface area (Å²) >= 11 is 0. The molecule has 0 saturated carbocycles. The van der Waals surface area contributed by atoms with Crippen LogP contribution in [0.3, 0.4) is 0 Å². The first kappa shape index (κ1) is 14.0. The van der Waals surface area contributed by atoms with Gasteiger partial charge in [0.2, 0.25) is 5.91 Å². The second-order valence-electron chi connectivity index (χ2n) is 5.69. The van der Waals surface area contributed by atoms with E-state index in [0.29, 0.717) is 0 Å². The van der Waals surface area contributed by atoms with Crippen LogP contribution in [0.25, 0.3) is 10.9 Å². The van der Waals surface area contributed by atoms with Gasteiger partial charge in [0.1, 0.15) is 0 Å². The number of nitrogens with one attached hydrogen (secondary N) is 2. The number of fused-ring (bicyclic) bond motifs is 1. The first-order chi connectivity index (χ1) is 10.2. The van der Waals surface area contributed by atoms with Gasteiger partial charge in [-0.2, -0.15) is 0 Å². The van der Waals surface area contributed by atoms with Crippen molar-refractivity contribution < 1.29 is 4.79 Å². The number of nitrogens with zero attached hydrogens (tertiary/aromatic N) is 1. The predicted octanol–water partition coefficient (Wildman–Crippen LogP) is 3.10. The van der Waals surface area contributed by atoms with Crippen molar-refractivity contribution in [1.29, 1.82) is 0 Å². The Labute approximate surface area is 125 Å². The lowest BCUT2D eigenvalue weighted by Crippen LogP contribution is -2.50. The number of benzene rings is 1. The number of pyridine rings is 1. The summed E-state index contributed by atoms with van der Waals surface area (Å²) in [4.78, 5) is 17.1. The molecule has 2 N–H and O–H groups in total. The molecule has 110 valence electrons. The normalized spacial score (nSPS) is 21.6. The first-order valence-electron chi connectivity index (χ1n) is 7.65. The third-order valence-corrected chi connectivity index (χ3v) is 4.25. The van der Waals surface area contributed by atoms with Crippen molar-refractivity contribution in [3.05, 3.63) is 36.5 Å². The molecule has 1 aromatic heterocycles. The lowest BCUT2D eigenvalue weighted by Gasteiger charge is -2.28. The highest BCUT2D eigenvalue weighted by Crippen LogP contribution is 2.28. The van der Waals surface area contributed by atoms with Crippen LogP contribution in [-0.2, 0) is 4.79 Å². The van der Waals surface area contributed by atoms with Gasteiger partial charge in [-0.3, -0.25) is 9.78 Å². The van der Waals surface area contributed by atoms with E-state index in [1.807, 2.05) is 30.3 Å². The third kappa shape index (κ3) is 2.63. The fraction of sp³-hybridized carbons (Fsp3) is 0.412. The van der Waals surface area contributed by atoms with E-state index in [4.69, 9.17) is 0 Å². The Kier molecular flexibility index (Phi) is 3.88. The summed E-state index contributed by atoms with van der Waals surface area (Å²) in [5.74, 6) is 0.0817. The zero-order valence-electron chi connectivity index (χ0n) is 12.4. The van der Waals surface area contributed by atoms with Crippen LogP contribution in [0.1, 0.15) is 32.6 Å². The number of amides is 1. The Hall–Kier alpha value is -1.94. The minimum atomic E-state index is -0.404. The topological polar surface area (TPSA) is 54.0 Å². The summed E-state index contributed by atoms with van der Waals surface area (Å²) in [6.45, 7) is 3.04. The Bertz CT molecular complexity index is 642. The van der Waals surface area contributed by atoms with Crippen LogP contribution >= 0.6 is 0 Å². The summed E-state index contributed by atoms with van der Waals surface area (Å²) in [7, 11) is 0. The minimum absolute atomic E-state index is 0.0817. The van der Waals surface area contributed by atoms with E-state index in [-0.39, 0.29) is 5.91 Å². The molecule has 0 aliphatic carbocycles. The molecule has 1 aliphatic heterocycles. The number of carbonyl (C=O) groups excluding carboxylic acids is 1. The van der Waals surface area contributed by atoms with Crippen molar-refractivity contribution >= 4 is 22.5 Å². The molecule has 0 radical (unpaired) electrons. The van der Waals surface area contributed by atoms with E-state index in [9.17, 15) is 4.79 Å². The molecule has 2 heterocycles. The molecule has 4 heteroatoms. The quantitative estimate of drug-likeness (QED) is 0.906. The van der Waals surface area contributed by atoms with E-state index >= 15 is 0 Å². The van der Waals surface area contributed by atoms with Crippen molar-refractivity contribution in [3.8, 4) is 0 Å². The van der Waals surface area contributed by atoms with Crippen LogP contribution in [0.15, 0.2) is 36.5 Å². The van der Waals surface area contributed by atoms with E-state index in [0.717, 1.165) is 48.8 Å². The van der Waals surface area contributed by atoms with Gasteiger partial charge in [-0.1, -0.05) is 19.4 Å². The Morgan fingerprint density at radius 1 is 1.38 bits per heavy atom. The predicted molar refractivity (Wildman–Crippen MR) is 85.2 cm³/mol. The molecule has 1 fully saturated rings. The lowest BCUT2D eigenvalue weighted by molar-refractivity contribution is -0.122. The molecular weight excluding hydrogens is 262 g/mol. The summed E-state index contributed by atoms with van der Waals surface area (Å²) in [6, 6.07) is 9.72. The Morgan fingerprint density at radius 2 is 2.29 bits per heavy atom. The molecule has 0 bridgehead atoms. The fourth-order valence-corrected chi connectivity index (χ4v) is 3.21. The van der Waals surface area contributed by atoms with Gasteiger partial charge in [0.15, 0.2) is 0 Å². The number of hydrogen-bond acceptors (Lipinski definition) is 3. The summed E-state index contributed by atoms with van der Waals surface area (Å²) in [5, 5.41) is 7.51. The zero-order chi connectivity index (χ0) is 14.7. The van der Waals surface area contributed by atoms with E-state index in [2.05, 4.69) is 22.5 Å². The maximum atomic E-state index is 12.8. The van der Waals surface area contributed by atoms with E-state index in [1.165, 1.54) is 0 Å². The second-order valence-corrected chi connectivity index (χ2v) is 5.69. The third-order valence-electron chi connectivity index (χ3n) is 4.25. The number of hydrogen-bond donors (Lipinski definition) is 2. The van der Waals surface area contributed by atoms with Crippen molar-refractivity contribution in [1.82, 2.24) is 10.3 Å². The van der Waals surface area contributed by atoms with Gasteiger partial charge in [-0.15, -0.1) is 0 Å². The standard InChI is InChI=1S/C17H21N3O/c1-2-9-17(10-5-12-19-17)16(21)20-15-8-3-7-14-13(15)6-4-11-18-14/h3-4,6-8,11,19H,2,5,9-10,12H2,1H3,(H,20,21). The van der Waals surface area contributed by atoms with Gasteiger partial charge in [0, 0.05) is 11.6 Å². The second kappa shape index (κ2) is 5.82. The molecule has 4 nitrogen and oxygen atoms in total. The molecule has 2 aromatic rings. The van der Waals surface area contributed by atoms with Crippen LogP contribution in [0, 0.1) is 0 Å². The number of anilines is 1. The van der Waals surface area contributed by atoms with E-state index < -0.39 is 5.54 Å². The van der Waals surface area contributed by atoms with Crippen LogP contribution in [-0.4, -0.2) is 23.0 Å². The van der Waals surface area contributed by atoms with Crippen LogP contribution in [0.4, 0.5) is 5.69 Å². The monoisotopic (exact) mass is 283 g/mol. The summed E-state index contributed by atoms with van der Waals surface area (Å²) in [5.41, 5.74) is 1.34. The van der Waals surface area contributed by atoms with Gasteiger partial charge in [-0.05, 0) is 50.1 Å². The maximum Gasteiger partial charge on any atom is 0.244 e. The highest BCUT2D eigenvalue weighted by Gasteiger charge is 2.39. The Morgan fingerprint density at radius 3 is 3.05 bits per heavy atom. The van der Waals surface area contributed by atoms with Crippen molar-refractivity contribution in [2.45, 2.75) is 38.1 Å². The van der Waals surface area contributed by atoms with Crippen molar-refractivity contribution in [3.63, 3.8) is 0 Å². The highest BCUT2D eigenvalue weighted by molar-refractivity contribution is 6.04. The van der Waals surface area contributed by atoms with Crippen molar-refractivity contribution in [2.24, 2.45) is 0 Å². The van der Waals surface area contributed by atoms with Gasteiger partial charge < -0.3 is 10.6 Å². The molecule has 1 amide bonds. The fourth-order valence-electron chi connectivity index (χ4n) is 3.21. The van der Waals surface area contributed by atoms with Gasteiger partial charge in [0.05, 0.1) is 16.7 Å². The summed E-state index contributed by atoms with van der Waals surface area (Å²) in [6.07, 6.45) is 5.62. The van der Waals surface area contributed by atoms with Gasteiger partial charge in [-0.25, -0.2) is 0 Å². The first-order valence-corrected chi connectivity index (χ1v) is 7.65. The maximum absolute atomic E-state index is 12.8. The number of aromatic nitrogens is 1. The number of rotatable bonds is 4. The van der Waals surface area contributed by atoms with E-state index in [1.54, 1.807) is 6.20 Å². The SMILES string of the molecule is CCCC1(C(=O)Nc2cccc3ncccc23)CCCN1. The molecule has 1 aromatic carbocycles. The average molecular weight is 283 g/mol. The molecule has 1 atom stereocenters. The average Bonchev–Trinajstić information content (AvgIpc) is 2.98. The van der Waals surface area contributed by atoms with Gasteiger partial charge in [0.25, 0.3) is 0 Å². The van der Waals surface area contributed by atoms with Crippen LogP contribution < -0.4 is 10.6 Å².